The van der Waals surface area contributed by atoms with E-state index in [1.165, 1.54) is 22.9 Å². The summed E-state index contributed by atoms with van der Waals surface area (Å²) in [6, 6.07) is 48.1. The number of rotatable bonds is 6. The predicted molar refractivity (Wildman–Crippen MR) is 213 cm³/mol. The Balaban J connectivity index is 1.26. The second-order valence-corrected chi connectivity index (χ2v) is 14.8. The molecule has 0 radical (unpaired) electrons. The van der Waals surface area contributed by atoms with Crippen LogP contribution in [0.5, 0.6) is 5.75 Å². The number of aromatic hydroxyl groups is 1. The van der Waals surface area contributed by atoms with E-state index in [2.05, 4.69) is 106 Å². The average molecular weight is 683 g/mol. The number of hydrogen-bond acceptors (Lipinski definition) is 4. The number of hydrogen-bond donors (Lipinski definition) is 1. The van der Waals surface area contributed by atoms with Crippen LogP contribution in [-0.2, 0) is 5.41 Å². The fourth-order valence-electron chi connectivity index (χ4n) is 6.50. The van der Waals surface area contributed by atoms with E-state index in [1.54, 1.807) is 35.8 Å². The van der Waals surface area contributed by atoms with E-state index in [4.69, 9.17) is 9.98 Å². The Morgan fingerprint density at radius 3 is 2.06 bits per heavy atom. The summed E-state index contributed by atoms with van der Waals surface area (Å²) < 4.78 is 14.6. The number of aromatic nitrogens is 1. The third kappa shape index (κ3) is 6.44. The van der Waals surface area contributed by atoms with Crippen molar-refractivity contribution in [1.29, 1.82) is 0 Å². The Morgan fingerprint density at radius 1 is 0.647 bits per heavy atom. The van der Waals surface area contributed by atoms with Gasteiger partial charge in [0.05, 0.1) is 15.9 Å². The fraction of sp³-hybridized carbons (Fsp3) is 0.0870. The van der Waals surface area contributed by atoms with Crippen molar-refractivity contribution in [1.82, 2.24) is 4.98 Å². The standard InChI is InChI=1S/C46H35FN2OS/c1-46(2,3)35-21-24-42(50)34(25-35)28-48-41-14-7-6-12-39(41)45-49-44-40(38-13-8-10-32-9-4-5-11-37(32)38)26-33(27-43(44)51-45)31-17-15-29(16-18-31)30-19-22-36(47)23-20-30/h4-28,50H,1-3H3. The molecule has 8 rings (SSSR count). The molecule has 7 aromatic carbocycles. The predicted octanol–water partition coefficient (Wildman–Crippen LogP) is 13.0. The summed E-state index contributed by atoms with van der Waals surface area (Å²) >= 11 is 1.65. The zero-order valence-corrected chi connectivity index (χ0v) is 29.4. The summed E-state index contributed by atoms with van der Waals surface area (Å²) in [7, 11) is 0. The second-order valence-electron chi connectivity index (χ2n) is 13.8. The Morgan fingerprint density at radius 2 is 1.29 bits per heavy atom. The molecular weight excluding hydrogens is 648 g/mol. The zero-order valence-electron chi connectivity index (χ0n) is 28.6. The van der Waals surface area contributed by atoms with Gasteiger partial charge in [0.15, 0.2) is 0 Å². The van der Waals surface area contributed by atoms with Crippen molar-refractivity contribution in [3.63, 3.8) is 0 Å². The maximum absolute atomic E-state index is 13.6. The summed E-state index contributed by atoms with van der Waals surface area (Å²) in [6.07, 6.45) is 1.74. The first-order valence-electron chi connectivity index (χ1n) is 17.0. The highest BCUT2D eigenvalue weighted by Crippen LogP contribution is 2.43. The normalized spacial score (nSPS) is 11.9. The Hall–Kier alpha value is -5.91. The van der Waals surface area contributed by atoms with Gasteiger partial charge in [-0.15, -0.1) is 11.3 Å². The first kappa shape index (κ1) is 32.3. The molecule has 1 N–H and O–H groups in total. The van der Waals surface area contributed by atoms with Gasteiger partial charge in [-0.3, -0.25) is 4.99 Å². The molecule has 0 amide bonds. The van der Waals surface area contributed by atoms with Crippen molar-refractivity contribution < 1.29 is 9.50 Å². The Labute approximate surface area is 301 Å². The maximum atomic E-state index is 13.6. The molecule has 1 heterocycles. The van der Waals surface area contributed by atoms with Crippen LogP contribution in [0.25, 0.3) is 64.9 Å². The van der Waals surface area contributed by atoms with Crippen molar-refractivity contribution in [2.24, 2.45) is 4.99 Å². The molecule has 0 saturated carbocycles. The molecule has 51 heavy (non-hydrogen) atoms. The van der Waals surface area contributed by atoms with Crippen molar-refractivity contribution >= 4 is 44.2 Å². The van der Waals surface area contributed by atoms with Crippen LogP contribution in [0.3, 0.4) is 0 Å². The van der Waals surface area contributed by atoms with E-state index >= 15 is 0 Å². The van der Waals surface area contributed by atoms with Crippen molar-refractivity contribution in [3.8, 4) is 49.7 Å². The van der Waals surface area contributed by atoms with Crippen LogP contribution in [-0.4, -0.2) is 16.3 Å². The van der Waals surface area contributed by atoms with E-state index in [1.807, 2.05) is 30.3 Å². The number of aliphatic imine (C=N–C) groups is 1. The lowest BCUT2D eigenvalue weighted by atomic mass is 9.86. The number of halogens is 1. The summed E-state index contributed by atoms with van der Waals surface area (Å²) in [4.78, 5) is 10.2. The van der Waals surface area contributed by atoms with Gasteiger partial charge in [-0.1, -0.05) is 118 Å². The third-order valence-corrected chi connectivity index (χ3v) is 10.4. The van der Waals surface area contributed by atoms with E-state index in [0.29, 0.717) is 5.56 Å². The highest BCUT2D eigenvalue weighted by Gasteiger charge is 2.18. The van der Waals surface area contributed by atoms with Crippen molar-refractivity contribution in [2.45, 2.75) is 26.2 Å². The summed E-state index contributed by atoms with van der Waals surface area (Å²) in [5.41, 5.74) is 10.8. The van der Waals surface area contributed by atoms with Gasteiger partial charge in [0.1, 0.15) is 16.6 Å². The van der Waals surface area contributed by atoms with E-state index in [-0.39, 0.29) is 17.0 Å². The minimum atomic E-state index is -0.242. The minimum Gasteiger partial charge on any atom is -0.507 e. The lowest BCUT2D eigenvalue weighted by Crippen LogP contribution is -2.11. The molecule has 5 heteroatoms. The number of thiazole rings is 1. The molecule has 0 bridgehead atoms. The van der Waals surface area contributed by atoms with E-state index in [0.717, 1.165) is 65.4 Å². The molecular formula is C46H35FN2OS. The SMILES string of the molecule is CC(C)(C)c1ccc(O)c(C=Nc2ccccc2-c2nc3c(-c4cccc5ccccc45)cc(-c4ccc(-c5ccc(F)cc5)cc4)cc3s2)c1. The van der Waals surface area contributed by atoms with E-state index < -0.39 is 0 Å². The topological polar surface area (TPSA) is 45.5 Å². The van der Waals surface area contributed by atoms with Crippen LogP contribution < -0.4 is 0 Å². The van der Waals surface area contributed by atoms with Crippen LogP contribution in [0.2, 0.25) is 0 Å². The molecule has 0 spiro atoms. The van der Waals surface area contributed by atoms with Gasteiger partial charge in [0.2, 0.25) is 0 Å². The lowest BCUT2D eigenvalue weighted by molar-refractivity contribution is 0.473. The average Bonchev–Trinajstić information content (AvgIpc) is 3.58. The highest BCUT2D eigenvalue weighted by atomic mass is 32.1. The molecule has 0 fully saturated rings. The summed E-state index contributed by atoms with van der Waals surface area (Å²) in [5, 5.41) is 13.9. The molecule has 0 atom stereocenters. The number of phenols is 1. The van der Waals surface area contributed by atoms with Gasteiger partial charge in [0, 0.05) is 22.9 Å². The van der Waals surface area contributed by atoms with Gasteiger partial charge in [-0.2, -0.15) is 0 Å². The molecule has 248 valence electrons. The fourth-order valence-corrected chi connectivity index (χ4v) is 7.57. The van der Waals surface area contributed by atoms with Gasteiger partial charge in [-0.25, -0.2) is 9.37 Å². The monoisotopic (exact) mass is 682 g/mol. The minimum absolute atomic E-state index is 0.0551. The van der Waals surface area contributed by atoms with Crippen LogP contribution >= 0.6 is 11.3 Å². The second kappa shape index (κ2) is 13.1. The Bertz CT molecular complexity index is 2570. The quantitative estimate of drug-likeness (QED) is 0.177. The summed E-state index contributed by atoms with van der Waals surface area (Å²) in [5.74, 6) is -0.0460. The van der Waals surface area contributed by atoms with Crippen LogP contribution in [0.15, 0.2) is 151 Å². The molecule has 1 aromatic heterocycles. The van der Waals surface area contributed by atoms with Gasteiger partial charge < -0.3 is 5.11 Å². The number of nitrogens with zero attached hydrogens (tertiary/aromatic N) is 2. The van der Waals surface area contributed by atoms with Crippen LogP contribution in [0, 0.1) is 5.82 Å². The van der Waals surface area contributed by atoms with Crippen LogP contribution in [0.4, 0.5) is 10.1 Å². The van der Waals surface area contributed by atoms with Gasteiger partial charge in [-0.05, 0) is 98.1 Å². The van der Waals surface area contributed by atoms with E-state index in [9.17, 15) is 9.50 Å². The maximum Gasteiger partial charge on any atom is 0.126 e. The Kier molecular flexibility index (Phi) is 8.29. The van der Waals surface area contributed by atoms with Gasteiger partial charge in [0.25, 0.3) is 0 Å². The molecule has 0 saturated heterocycles. The number of fused-ring (bicyclic) bond motifs is 2. The number of phenolic OH excluding ortho intramolecular Hbond substituents is 1. The largest absolute Gasteiger partial charge is 0.507 e. The number of para-hydroxylation sites is 1. The third-order valence-electron chi connectivity index (χ3n) is 9.34. The summed E-state index contributed by atoms with van der Waals surface area (Å²) in [6.45, 7) is 6.47. The first-order valence-corrected chi connectivity index (χ1v) is 17.8. The molecule has 0 aliphatic rings. The molecule has 0 aliphatic carbocycles. The zero-order chi connectivity index (χ0) is 35.1. The molecule has 0 unspecified atom stereocenters. The molecule has 3 nitrogen and oxygen atoms in total. The first-order chi connectivity index (χ1) is 24.7. The lowest BCUT2D eigenvalue weighted by Gasteiger charge is -2.19. The molecule has 0 aliphatic heterocycles. The highest BCUT2D eigenvalue weighted by molar-refractivity contribution is 7.21. The van der Waals surface area contributed by atoms with Crippen molar-refractivity contribution in [2.75, 3.05) is 0 Å². The molecule has 8 aromatic rings. The van der Waals surface area contributed by atoms with Crippen molar-refractivity contribution in [3.05, 3.63) is 163 Å². The smallest absolute Gasteiger partial charge is 0.126 e. The van der Waals surface area contributed by atoms with Crippen LogP contribution in [0.1, 0.15) is 31.9 Å². The number of benzene rings is 7. The van der Waals surface area contributed by atoms with Gasteiger partial charge >= 0.3 is 0 Å².